The molecule has 0 bridgehead atoms. The molecular weight excluding hydrogens is 435 g/mol. The molecule has 2 aliphatic rings. The number of halogens is 3. The molecule has 0 radical (unpaired) electrons. The number of amides is 1. The molecule has 11 heteroatoms. The van der Waals surface area contributed by atoms with Crippen LogP contribution in [0.3, 0.4) is 0 Å². The van der Waals surface area contributed by atoms with E-state index in [1.54, 1.807) is 25.1 Å². The number of carbonyl (C=O) groups excluding carboxylic acids is 1. The lowest BCUT2D eigenvalue weighted by Gasteiger charge is -2.31. The molecule has 0 aromatic heterocycles. The Morgan fingerprint density at radius 1 is 1.23 bits per heavy atom. The van der Waals surface area contributed by atoms with E-state index in [9.17, 15) is 26.4 Å². The number of fused-ring (bicyclic) bond motifs is 2. The molecule has 0 spiro atoms. The number of alkyl halides is 3. The van der Waals surface area contributed by atoms with E-state index in [0.717, 1.165) is 6.07 Å². The molecule has 0 unspecified atom stereocenters. The van der Waals surface area contributed by atoms with Crippen molar-refractivity contribution in [2.24, 2.45) is 4.99 Å². The number of nitrogens with one attached hydrogen (secondary N) is 1. The number of amidine groups is 1. The topological polar surface area (TPSA) is 88.1 Å². The zero-order chi connectivity index (χ0) is 22.4. The summed E-state index contributed by atoms with van der Waals surface area (Å²) in [5, 5.41) is 0. The normalized spacial score (nSPS) is 19.4. The summed E-state index contributed by atoms with van der Waals surface area (Å²) in [4.78, 5) is 18.9. The second-order valence-electron chi connectivity index (χ2n) is 7.19. The fourth-order valence-corrected chi connectivity index (χ4v) is 4.94. The molecule has 1 atom stereocenters. The molecular formula is C20H18F3N3O4S. The first-order valence-electron chi connectivity index (χ1n) is 9.45. The van der Waals surface area contributed by atoms with Crippen LogP contribution < -0.4 is 14.4 Å². The minimum Gasteiger partial charge on any atom is -0.406 e. The van der Waals surface area contributed by atoms with Crippen molar-refractivity contribution >= 4 is 27.5 Å². The molecule has 0 fully saturated rings. The molecule has 1 amide bonds. The molecule has 2 aliphatic heterocycles. The van der Waals surface area contributed by atoms with E-state index in [2.05, 4.69) is 14.5 Å². The summed E-state index contributed by atoms with van der Waals surface area (Å²) >= 11 is 0. The molecule has 2 aromatic rings. The Bertz CT molecular complexity index is 1180. The Balaban J connectivity index is 1.59. The summed E-state index contributed by atoms with van der Waals surface area (Å²) in [7, 11) is -3.73. The number of ether oxygens (including phenoxy) is 1. The Morgan fingerprint density at radius 2 is 1.97 bits per heavy atom. The lowest BCUT2D eigenvalue weighted by molar-refractivity contribution is -0.274. The third-order valence-electron chi connectivity index (χ3n) is 5.01. The summed E-state index contributed by atoms with van der Waals surface area (Å²) in [6.45, 7) is 1.92. The Labute approximate surface area is 176 Å². The summed E-state index contributed by atoms with van der Waals surface area (Å²) < 4.78 is 68.3. The molecule has 2 heterocycles. The van der Waals surface area contributed by atoms with Crippen molar-refractivity contribution < 1.29 is 31.1 Å². The number of carbonyl (C=O) groups is 1. The highest BCUT2D eigenvalue weighted by atomic mass is 32.2. The summed E-state index contributed by atoms with van der Waals surface area (Å²) in [6.07, 6.45) is -3.73. The SMILES string of the molecule is C[C@H](N=C1NS(=O)(=O)c2ccccc21)C(=O)N1CCCc2cc(OC(F)(F)F)ccc21. The average molecular weight is 453 g/mol. The molecule has 0 saturated carbocycles. The predicted octanol–water partition coefficient (Wildman–Crippen LogP) is 2.99. The third-order valence-corrected chi connectivity index (χ3v) is 6.41. The fraction of sp³-hybridized carbons (Fsp3) is 0.300. The molecule has 2 aromatic carbocycles. The average Bonchev–Trinajstić information content (AvgIpc) is 2.96. The highest BCUT2D eigenvalue weighted by Crippen LogP contribution is 2.33. The van der Waals surface area contributed by atoms with Crippen LogP contribution in [-0.4, -0.2) is 39.1 Å². The number of benzene rings is 2. The van der Waals surface area contributed by atoms with E-state index < -0.39 is 22.4 Å². The van der Waals surface area contributed by atoms with Crippen LogP contribution in [0, 0.1) is 0 Å². The number of sulfonamides is 1. The van der Waals surface area contributed by atoms with Crippen LogP contribution in [0.15, 0.2) is 52.4 Å². The van der Waals surface area contributed by atoms with Crippen LogP contribution in [0.2, 0.25) is 0 Å². The van der Waals surface area contributed by atoms with E-state index in [1.807, 2.05) is 0 Å². The first kappa shape index (κ1) is 21.2. The van der Waals surface area contributed by atoms with E-state index in [4.69, 9.17) is 0 Å². The zero-order valence-electron chi connectivity index (χ0n) is 16.3. The largest absolute Gasteiger partial charge is 0.573 e. The van der Waals surface area contributed by atoms with Crippen molar-refractivity contribution in [3.05, 3.63) is 53.6 Å². The minimum absolute atomic E-state index is 0.0857. The van der Waals surface area contributed by atoms with Crippen molar-refractivity contribution in [2.45, 2.75) is 37.1 Å². The van der Waals surface area contributed by atoms with Crippen LogP contribution in [0.4, 0.5) is 18.9 Å². The van der Waals surface area contributed by atoms with Gasteiger partial charge < -0.3 is 9.64 Å². The molecule has 164 valence electrons. The van der Waals surface area contributed by atoms with Crippen LogP contribution >= 0.6 is 0 Å². The molecule has 7 nitrogen and oxygen atoms in total. The molecule has 1 N–H and O–H groups in total. The highest BCUT2D eigenvalue weighted by molar-refractivity contribution is 7.90. The fourth-order valence-electron chi connectivity index (χ4n) is 3.70. The van der Waals surface area contributed by atoms with Gasteiger partial charge in [-0.3, -0.25) is 14.5 Å². The van der Waals surface area contributed by atoms with Crippen molar-refractivity contribution in [3.63, 3.8) is 0 Å². The first-order valence-corrected chi connectivity index (χ1v) is 10.9. The van der Waals surface area contributed by atoms with Gasteiger partial charge in [-0.25, -0.2) is 8.42 Å². The van der Waals surface area contributed by atoms with Crippen molar-refractivity contribution in [1.29, 1.82) is 0 Å². The second kappa shape index (κ2) is 7.56. The third kappa shape index (κ3) is 4.22. The number of aliphatic imine (C=N–C) groups is 1. The minimum atomic E-state index is -4.80. The van der Waals surface area contributed by atoms with Gasteiger partial charge >= 0.3 is 6.36 Å². The Hall–Kier alpha value is -3.08. The number of hydrogen-bond acceptors (Lipinski definition) is 5. The monoisotopic (exact) mass is 453 g/mol. The maximum Gasteiger partial charge on any atom is 0.573 e. The van der Waals surface area contributed by atoms with Crippen LogP contribution in [0.25, 0.3) is 0 Å². The number of rotatable bonds is 3. The van der Waals surface area contributed by atoms with E-state index in [1.165, 1.54) is 23.1 Å². The van der Waals surface area contributed by atoms with Crippen molar-refractivity contribution in [2.75, 3.05) is 11.4 Å². The Morgan fingerprint density at radius 3 is 2.71 bits per heavy atom. The smallest absolute Gasteiger partial charge is 0.406 e. The maximum absolute atomic E-state index is 13.1. The van der Waals surface area contributed by atoms with Crippen molar-refractivity contribution in [1.82, 2.24) is 4.72 Å². The maximum atomic E-state index is 13.1. The van der Waals surface area contributed by atoms with Gasteiger partial charge in [-0.2, -0.15) is 0 Å². The van der Waals surface area contributed by atoms with E-state index in [-0.39, 0.29) is 22.4 Å². The van der Waals surface area contributed by atoms with Gasteiger partial charge in [-0.1, -0.05) is 12.1 Å². The lowest BCUT2D eigenvalue weighted by atomic mass is 10.0. The number of nitrogens with zero attached hydrogens (tertiary/aromatic N) is 2. The standard InChI is InChI=1S/C20H18F3N3O4S/c1-12(24-18-15-6-2-3-7-17(15)31(28,29)25-18)19(27)26-10-4-5-13-11-14(8-9-16(13)26)30-20(21,22)23/h2-3,6-9,11-12H,4-5,10H2,1H3,(H,24,25)/t12-/m0/s1. The predicted molar refractivity (Wildman–Crippen MR) is 107 cm³/mol. The van der Waals surface area contributed by atoms with Gasteiger partial charge in [0.25, 0.3) is 15.9 Å². The quantitative estimate of drug-likeness (QED) is 0.774. The lowest BCUT2D eigenvalue weighted by Crippen LogP contribution is -2.41. The van der Waals surface area contributed by atoms with Gasteiger partial charge in [0, 0.05) is 17.8 Å². The van der Waals surface area contributed by atoms with Gasteiger partial charge in [0.05, 0.1) is 4.90 Å². The van der Waals surface area contributed by atoms with Gasteiger partial charge in [-0.15, -0.1) is 13.2 Å². The molecule has 0 aliphatic carbocycles. The highest BCUT2D eigenvalue weighted by Gasteiger charge is 2.34. The summed E-state index contributed by atoms with van der Waals surface area (Å²) in [6, 6.07) is 9.26. The van der Waals surface area contributed by atoms with Gasteiger partial charge in [-0.05, 0) is 55.7 Å². The summed E-state index contributed by atoms with van der Waals surface area (Å²) in [5.41, 5.74) is 1.44. The van der Waals surface area contributed by atoms with Crippen molar-refractivity contribution in [3.8, 4) is 5.75 Å². The van der Waals surface area contributed by atoms with Gasteiger partial charge in [0.15, 0.2) is 0 Å². The second-order valence-corrected chi connectivity index (χ2v) is 8.84. The number of aryl methyl sites for hydroxylation is 1. The van der Waals surface area contributed by atoms with Gasteiger partial charge in [0.1, 0.15) is 17.6 Å². The number of hydrogen-bond donors (Lipinski definition) is 1. The van der Waals surface area contributed by atoms with Gasteiger partial charge in [0.2, 0.25) is 0 Å². The van der Waals surface area contributed by atoms with Crippen LogP contribution in [0.1, 0.15) is 24.5 Å². The van der Waals surface area contributed by atoms with Crippen LogP contribution in [-0.2, 0) is 21.2 Å². The van der Waals surface area contributed by atoms with Crippen LogP contribution in [0.5, 0.6) is 5.75 Å². The zero-order valence-corrected chi connectivity index (χ0v) is 17.1. The van der Waals surface area contributed by atoms with E-state index >= 15 is 0 Å². The number of anilines is 1. The Kier molecular flexibility index (Phi) is 5.16. The molecule has 0 saturated heterocycles. The molecule has 31 heavy (non-hydrogen) atoms. The van der Waals surface area contributed by atoms with E-state index in [0.29, 0.717) is 36.2 Å². The molecule has 4 rings (SSSR count). The summed E-state index contributed by atoms with van der Waals surface area (Å²) in [5.74, 6) is -0.644. The first-order chi connectivity index (χ1) is 14.5.